The zero-order valence-corrected chi connectivity index (χ0v) is 15.9. The second-order valence-corrected chi connectivity index (χ2v) is 7.36. The average Bonchev–Trinajstić information content (AvgIpc) is 2.62. The smallest absolute Gasteiger partial charge is 0.238 e. The molecule has 2 atom stereocenters. The minimum Gasteiger partial charge on any atom is -0.345 e. The van der Waals surface area contributed by atoms with E-state index >= 15 is 0 Å². The molecule has 2 aromatic rings. The van der Waals surface area contributed by atoms with Crippen LogP contribution < -0.4 is 10.6 Å². The predicted octanol–water partition coefficient (Wildman–Crippen LogP) is 3.32. The number of fused-ring (bicyclic) bond motifs is 1. The van der Waals surface area contributed by atoms with Crippen molar-refractivity contribution in [1.29, 1.82) is 0 Å². The maximum Gasteiger partial charge on any atom is 0.238 e. The topological polar surface area (TPSA) is 58.2 Å². The number of hydrogen-bond donors (Lipinski definition) is 2. The summed E-state index contributed by atoms with van der Waals surface area (Å²) < 4.78 is 0. The highest BCUT2D eigenvalue weighted by Gasteiger charge is 2.27. The second kappa shape index (κ2) is 8.21. The number of Topliss-reactive ketones (excluding diaryl/α,β-unsaturated/α-hetero) is 1. The van der Waals surface area contributed by atoms with Crippen LogP contribution in [0.1, 0.15) is 23.6 Å². The maximum absolute atomic E-state index is 12.7. The van der Waals surface area contributed by atoms with Crippen LogP contribution in [-0.2, 0) is 29.0 Å². The molecule has 1 heterocycles. The van der Waals surface area contributed by atoms with E-state index in [1.807, 2.05) is 18.2 Å². The number of hydrogen-bond acceptors (Lipinski definition) is 3. The van der Waals surface area contributed by atoms with E-state index in [0.717, 1.165) is 11.1 Å². The lowest BCUT2D eigenvalue weighted by Crippen LogP contribution is -2.52. The molecule has 26 heavy (non-hydrogen) atoms. The normalized spacial score (nSPS) is 17.3. The Kier molecular flexibility index (Phi) is 5.97. The number of amides is 1. The van der Waals surface area contributed by atoms with Crippen LogP contribution in [-0.4, -0.2) is 23.8 Å². The molecule has 0 radical (unpaired) electrons. The Balaban J connectivity index is 1.68. The fourth-order valence-corrected chi connectivity index (χ4v) is 3.60. The molecule has 0 spiro atoms. The van der Waals surface area contributed by atoms with Gasteiger partial charge in [-0.1, -0.05) is 53.5 Å². The number of carbonyl (C=O) groups is 2. The standard InChI is InChI=1S/C20H20Cl2N2O2/c1-12(25)18(9-14-6-7-16(21)10-17(14)22)24-20(26)19-8-13-4-2-3-5-15(13)11-23-19/h2-7,10,18-19,23H,8-9,11H2,1H3,(H,24,26)/t18-,19-/m1/s1. The first-order chi connectivity index (χ1) is 12.4. The van der Waals surface area contributed by atoms with Crippen molar-refractivity contribution in [3.63, 3.8) is 0 Å². The van der Waals surface area contributed by atoms with E-state index in [2.05, 4.69) is 16.7 Å². The molecular weight excluding hydrogens is 371 g/mol. The van der Waals surface area contributed by atoms with Crippen LogP contribution in [0.2, 0.25) is 10.0 Å². The molecule has 0 aromatic heterocycles. The third-order valence-electron chi connectivity index (χ3n) is 4.64. The van der Waals surface area contributed by atoms with Crippen molar-refractivity contribution in [1.82, 2.24) is 10.6 Å². The second-order valence-electron chi connectivity index (χ2n) is 6.52. The summed E-state index contributed by atoms with van der Waals surface area (Å²) in [4.78, 5) is 24.7. The Morgan fingerprint density at radius 1 is 1.19 bits per heavy atom. The minimum absolute atomic E-state index is 0.111. The fraction of sp³-hybridized carbons (Fsp3) is 0.300. The number of nitrogens with one attached hydrogen (secondary N) is 2. The minimum atomic E-state index is -0.625. The summed E-state index contributed by atoms with van der Waals surface area (Å²) in [7, 11) is 0. The quantitative estimate of drug-likeness (QED) is 0.822. The van der Waals surface area contributed by atoms with E-state index in [4.69, 9.17) is 23.2 Å². The highest BCUT2D eigenvalue weighted by Crippen LogP contribution is 2.22. The molecule has 3 rings (SSSR count). The third-order valence-corrected chi connectivity index (χ3v) is 5.23. The summed E-state index contributed by atoms with van der Waals surface area (Å²) in [6, 6.07) is 12.2. The van der Waals surface area contributed by atoms with E-state index in [-0.39, 0.29) is 17.7 Å². The fourth-order valence-electron chi connectivity index (χ4n) is 3.12. The summed E-state index contributed by atoms with van der Waals surface area (Å²) in [5.41, 5.74) is 3.14. The van der Waals surface area contributed by atoms with Gasteiger partial charge in [0.05, 0.1) is 12.1 Å². The van der Waals surface area contributed by atoms with Crippen molar-refractivity contribution < 1.29 is 9.59 Å². The molecule has 0 bridgehead atoms. The van der Waals surface area contributed by atoms with Crippen LogP contribution in [0.4, 0.5) is 0 Å². The van der Waals surface area contributed by atoms with Crippen molar-refractivity contribution in [2.45, 2.75) is 38.4 Å². The van der Waals surface area contributed by atoms with Crippen LogP contribution in [0.25, 0.3) is 0 Å². The molecule has 136 valence electrons. The monoisotopic (exact) mass is 390 g/mol. The van der Waals surface area contributed by atoms with E-state index in [1.54, 1.807) is 18.2 Å². The van der Waals surface area contributed by atoms with Crippen molar-refractivity contribution in [2.75, 3.05) is 0 Å². The Morgan fingerprint density at radius 3 is 2.62 bits per heavy atom. The van der Waals surface area contributed by atoms with Gasteiger partial charge in [-0.3, -0.25) is 9.59 Å². The first-order valence-electron chi connectivity index (χ1n) is 8.49. The van der Waals surface area contributed by atoms with E-state index in [0.29, 0.717) is 29.4 Å². The number of halogens is 2. The van der Waals surface area contributed by atoms with Gasteiger partial charge in [0.15, 0.2) is 5.78 Å². The third kappa shape index (κ3) is 4.44. The number of rotatable bonds is 5. The van der Waals surface area contributed by atoms with Crippen LogP contribution in [0.15, 0.2) is 42.5 Å². The number of carbonyl (C=O) groups excluding carboxylic acids is 2. The van der Waals surface area contributed by atoms with Gasteiger partial charge in [-0.15, -0.1) is 0 Å². The van der Waals surface area contributed by atoms with Crippen molar-refractivity contribution >= 4 is 34.9 Å². The van der Waals surface area contributed by atoms with E-state index in [1.165, 1.54) is 12.5 Å². The molecule has 2 aromatic carbocycles. The zero-order chi connectivity index (χ0) is 18.7. The molecule has 0 aliphatic carbocycles. The highest BCUT2D eigenvalue weighted by atomic mass is 35.5. The molecule has 1 amide bonds. The van der Waals surface area contributed by atoms with E-state index in [9.17, 15) is 9.59 Å². The lowest BCUT2D eigenvalue weighted by molar-refractivity contribution is -0.128. The van der Waals surface area contributed by atoms with Gasteiger partial charge < -0.3 is 10.6 Å². The molecule has 0 saturated heterocycles. The van der Waals surface area contributed by atoms with Gasteiger partial charge in [0.2, 0.25) is 5.91 Å². The summed E-state index contributed by atoms with van der Waals surface area (Å²) in [5.74, 6) is -0.287. The van der Waals surface area contributed by atoms with E-state index < -0.39 is 6.04 Å². The zero-order valence-electron chi connectivity index (χ0n) is 14.4. The summed E-state index contributed by atoms with van der Waals surface area (Å²) in [5, 5.41) is 7.12. The molecule has 6 heteroatoms. The van der Waals surface area contributed by atoms with Crippen LogP contribution in [0.5, 0.6) is 0 Å². The SMILES string of the molecule is CC(=O)[C@@H](Cc1ccc(Cl)cc1Cl)NC(=O)[C@H]1Cc2ccccc2CN1. The predicted molar refractivity (Wildman–Crippen MR) is 104 cm³/mol. The molecule has 0 unspecified atom stereocenters. The number of ketones is 1. The molecule has 4 nitrogen and oxygen atoms in total. The summed E-state index contributed by atoms with van der Waals surface area (Å²) >= 11 is 12.1. The largest absolute Gasteiger partial charge is 0.345 e. The first-order valence-corrected chi connectivity index (χ1v) is 9.24. The average molecular weight is 391 g/mol. The van der Waals surface area contributed by atoms with Crippen molar-refractivity contribution in [3.05, 3.63) is 69.2 Å². The first kappa shape index (κ1) is 18.9. The van der Waals surface area contributed by atoms with Crippen molar-refractivity contribution in [3.8, 4) is 0 Å². The maximum atomic E-state index is 12.7. The lowest BCUT2D eigenvalue weighted by atomic mass is 9.95. The Hall–Kier alpha value is -1.88. The lowest BCUT2D eigenvalue weighted by Gasteiger charge is -2.27. The van der Waals surface area contributed by atoms with Crippen LogP contribution in [0.3, 0.4) is 0 Å². The Morgan fingerprint density at radius 2 is 1.92 bits per heavy atom. The van der Waals surface area contributed by atoms with Crippen molar-refractivity contribution in [2.24, 2.45) is 0 Å². The summed E-state index contributed by atoms with van der Waals surface area (Å²) in [6.07, 6.45) is 0.939. The van der Waals surface area contributed by atoms with Gasteiger partial charge in [0, 0.05) is 23.0 Å². The van der Waals surface area contributed by atoms with Gasteiger partial charge in [-0.25, -0.2) is 0 Å². The van der Waals surface area contributed by atoms with Gasteiger partial charge in [-0.2, -0.15) is 0 Å². The molecule has 2 N–H and O–H groups in total. The van der Waals surface area contributed by atoms with Gasteiger partial charge >= 0.3 is 0 Å². The van der Waals surface area contributed by atoms with Crippen LogP contribution >= 0.6 is 23.2 Å². The molecule has 1 aliphatic heterocycles. The van der Waals surface area contributed by atoms with Crippen LogP contribution in [0, 0.1) is 0 Å². The van der Waals surface area contributed by atoms with Gasteiger partial charge in [0.25, 0.3) is 0 Å². The van der Waals surface area contributed by atoms with Gasteiger partial charge in [-0.05, 0) is 42.2 Å². The Bertz CT molecular complexity index is 838. The molecule has 0 saturated carbocycles. The molecular formula is C20H20Cl2N2O2. The highest BCUT2D eigenvalue weighted by molar-refractivity contribution is 6.35. The Labute approximate surface area is 162 Å². The van der Waals surface area contributed by atoms with Gasteiger partial charge in [0.1, 0.15) is 0 Å². The number of benzene rings is 2. The molecule has 1 aliphatic rings. The molecule has 0 fully saturated rings. The summed E-state index contributed by atoms with van der Waals surface area (Å²) in [6.45, 7) is 2.11.